The van der Waals surface area contributed by atoms with Crippen molar-refractivity contribution in [3.8, 4) is 0 Å². The molecule has 0 unspecified atom stereocenters. The number of hydrogen-bond donors (Lipinski definition) is 0. The van der Waals surface area contributed by atoms with Crippen molar-refractivity contribution >= 4 is 34.7 Å². The summed E-state index contributed by atoms with van der Waals surface area (Å²) in [6, 6.07) is 17.6. The molecule has 1 aromatic heterocycles. The Kier molecular flexibility index (Phi) is 6.68. The van der Waals surface area contributed by atoms with Crippen molar-refractivity contribution < 1.29 is 14.4 Å². The average Bonchev–Trinajstić information content (AvgIpc) is 3.50. The smallest absolute Gasteiger partial charge is 0.263 e. The summed E-state index contributed by atoms with van der Waals surface area (Å²) in [5.74, 6) is -0.488. The molecule has 35 heavy (non-hydrogen) atoms. The number of imide groups is 1. The van der Waals surface area contributed by atoms with Crippen molar-refractivity contribution in [3.63, 3.8) is 0 Å². The molecular formula is C28H29N3O3S. The largest absolute Gasteiger partial charge is 0.370 e. The number of likely N-dealkylation sites (N-methyl/N-ethyl adjacent to an activating group) is 1. The van der Waals surface area contributed by atoms with E-state index in [1.807, 2.05) is 59.1 Å². The third kappa shape index (κ3) is 4.73. The summed E-state index contributed by atoms with van der Waals surface area (Å²) < 4.78 is 0. The number of fused-ring (bicyclic) bond motifs is 1. The van der Waals surface area contributed by atoms with Gasteiger partial charge in [0.25, 0.3) is 11.8 Å². The maximum atomic E-state index is 13.3. The highest BCUT2D eigenvalue weighted by Gasteiger charge is 2.39. The Balaban J connectivity index is 1.30. The molecule has 0 aliphatic carbocycles. The first-order valence-corrected chi connectivity index (χ1v) is 13.0. The first kappa shape index (κ1) is 23.3. The highest BCUT2D eigenvalue weighted by atomic mass is 32.1. The molecular weight excluding hydrogens is 458 g/mol. The van der Waals surface area contributed by atoms with E-state index in [2.05, 4.69) is 17.0 Å². The molecule has 3 amide bonds. The van der Waals surface area contributed by atoms with Crippen LogP contribution in [0.5, 0.6) is 0 Å². The van der Waals surface area contributed by atoms with Gasteiger partial charge in [-0.25, -0.2) is 0 Å². The fourth-order valence-electron chi connectivity index (χ4n) is 5.05. The predicted molar refractivity (Wildman–Crippen MR) is 138 cm³/mol. The van der Waals surface area contributed by atoms with Gasteiger partial charge in [0.1, 0.15) is 0 Å². The van der Waals surface area contributed by atoms with Crippen molar-refractivity contribution in [3.05, 3.63) is 87.6 Å². The standard InChI is InChI=1S/C28H29N3O3S/c1-29(15-12-20-7-3-2-4-8-20)26(32)22-9-6-14-30(18-22)24-11-5-10-23-25(24)28(34)31(27(23)33)17-21-13-16-35-19-21/h2-5,7-8,10-11,13,16,19,22H,6,9,12,14-15,17-18H2,1H3/t22-/m0/s1. The van der Waals surface area contributed by atoms with Crippen LogP contribution in [0.15, 0.2) is 65.4 Å². The van der Waals surface area contributed by atoms with Gasteiger partial charge >= 0.3 is 0 Å². The second kappa shape index (κ2) is 10.0. The molecule has 0 bridgehead atoms. The lowest BCUT2D eigenvalue weighted by atomic mass is 9.94. The van der Waals surface area contributed by atoms with Crippen molar-refractivity contribution in [2.45, 2.75) is 25.8 Å². The molecule has 3 heterocycles. The molecule has 1 saturated heterocycles. The van der Waals surface area contributed by atoms with E-state index in [1.165, 1.54) is 10.5 Å². The Bertz CT molecular complexity index is 1230. The molecule has 0 radical (unpaired) electrons. The van der Waals surface area contributed by atoms with E-state index >= 15 is 0 Å². The van der Waals surface area contributed by atoms with E-state index in [-0.39, 0.29) is 30.2 Å². The van der Waals surface area contributed by atoms with Crippen LogP contribution < -0.4 is 4.90 Å². The molecule has 0 N–H and O–H groups in total. The third-order valence-corrected chi connectivity index (χ3v) is 7.70. The minimum atomic E-state index is -0.250. The first-order valence-electron chi connectivity index (χ1n) is 12.1. The molecule has 5 rings (SSSR count). The lowest BCUT2D eigenvalue weighted by Crippen LogP contribution is -2.44. The maximum absolute atomic E-state index is 13.3. The summed E-state index contributed by atoms with van der Waals surface area (Å²) in [5.41, 5.74) is 3.85. The molecule has 1 atom stereocenters. The number of anilines is 1. The number of thiophene rings is 1. The summed E-state index contributed by atoms with van der Waals surface area (Å²) >= 11 is 1.55. The molecule has 1 fully saturated rings. The number of carbonyl (C=O) groups excluding carboxylic acids is 3. The Hall–Kier alpha value is -3.45. The van der Waals surface area contributed by atoms with Gasteiger partial charge in [0.05, 0.1) is 29.3 Å². The summed E-state index contributed by atoms with van der Waals surface area (Å²) in [5, 5.41) is 3.90. The molecule has 0 saturated carbocycles. The van der Waals surface area contributed by atoms with E-state index in [9.17, 15) is 14.4 Å². The summed E-state index contributed by atoms with van der Waals surface area (Å²) in [6.45, 7) is 2.27. The fraction of sp³-hybridized carbons (Fsp3) is 0.321. The maximum Gasteiger partial charge on any atom is 0.263 e. The van der Waals surface area contributed by atoms with E-state index in [1.54, 1.807) is 17.4 Å². The molecule has 2 aliphatic heterocycles. The van der Waals surface area contributed by atoms with Crippen LogP contribution in [0.1, 0.15) is 44.7 Å². The molecule has 6 nitrogen and oxygen atoms in total. The van der Waals surface area contributed by atoms with Gasteiger partial charge in [-0.1, -0.05) is 36.4 Å². The number of hydrogen-bond acceptors (Lipinski definition) is 5. The predicted octanol–water partition coefficient (Wildman–Crippen LogP) is 4.46. The number of benzene rings is 2. The SMILES string of the molecule is CN(CCc1ccccc1)C(=O)[C@H]1CCCN(c2cccc3c2C(=O)N(Cc2ccsc2)C3=O)C1. The minimum absolute atomic E-state index is 0.130. The highest BCUT2D eigenvalue weighted by Crippen LogP contribution is 2.35. The quantitative estimate of drug-likeness (QED) is 0.462. The summed E-state index contributed by atoms with van der Waals surface area (Å²) in [7, 11) is 1.87. The summed E-state index contributed by atoms with van der Waals surface area (Å²) in [4.78, 5) is 44.9. The van der Waals surface area contributed by atoms with Crippen molar-refractivity contribution in [1.82, 2.24) is 9.80 Å². The second-order valence-electron chi connectivity index (χ2n) is 9.31. The summed E-state index contributed by atoms with van der Waals surface area (Å²) in [6.07, 6.45) is 2.52. The Morgan fingerprint density at radius 3 is 2.63 bits per heavy atom. The van der Waals surface area contributed by atoms with E-state index in [4.69, 9.17) is 0 Å². The lowest BCUT2D eigenvalue weighted by Gasteiger charge is -2.36. The van der Waals surface area contributed by atoms with Crippen LogP contribution in [0.3, 0.4) is 0 Å². The highest BCUT2D eigenvalue weighted by molar-refractivity contribution is 7.07. The molecule has 2 aromatic carbocycles. The van der Waals surface area contributed by atoms with Crippen LogP contribution in [-0.2, 0) is 17.8 Å². The Labute approximate surface area is 209 Å². The van der Waals surface area contributed by atoms with Gasteiger partial charge in [0, 0.05) is 26.7 Å². The molecule has 3 aromatic rings. The number of nitrogens with zero attached hydrogens (tertiary/aromatic N) is 3. The van der Waals surface area contributed by atoms with Crippen molar-refractivity contribution in [2.24, 2.45) is 5.92 Å². The zero-order valence-electron chi connectivity index (χ0n) is 19.9. The fourth-order valence-corrected chi connectivity index (χ4v) is 5.71. The van der Waals surface area contributed by atoms with Gasteiger partial charge in [-0.3, -0.25) is 19.3 Å². The van der Waals surface area contributed by atoms with Crippen LogP contribution in [0, 0.1) is 5.92 Å². The molecule has 7 heteroatoms. The van der Waals surface area contributed by atoms with E-state index in [0.717, 1.165) is 37.1 Å². The first-order chi connectivity index (χ1) is 17.0. The second-order valence-corrected chi connectivity index (χ2v) is 10.1. The monoisotopic (exact) mass is 487 g/mol. The zero-order chi connectivity index (χ0) is 24.4. The van der Waals surface area contributed by atoms with Crippen LogP contribution in [-0.4, -0.2) is 54.2 Å². The van der Waals surface area contributed by atoms with E-state index < -0.39 is 0 Å². The van der Waals surface area contributed by atoms with Gasteiger partial charge in [-0.05, 0) is 59.3 Å². The van der Waals surface area contributed by atoms with Gasteiger partial charge in [0.2, 0.25) is 5.91 Å². The molecule has 180 valence electrons. The minimum Gasteiger partial charge on any atom is -0.370 e. The van der Waals surface area contributed by atoms with Gasteiger partial charge < -0.3 is 9.80 Å². The van der Waals surface area contributed by atoms with Gasteiger partial charge in [-0.15, -0.1) is 0 Å². The lowest BCUT2D eigenvalue weighted by molar-refractivity contribution is -0.134. The topological polar surface area (TPSA) is 60.9 Å². The zero-order valence-corrected chi connectivity index (χ0v) is 20.7. The van der Waals surface area contributed by atoms with Crippen LogP contribution in [0.4, 0.5) is 5.69 Å². The van der Waals surface area contributed by atoms with Crippen LogP contribution >= 0.6 is 11.3 Å². The molecule has 0 spiro atoms. The van der Waals surface area contributed by atoms with Crippen LogP contribution in [0.25, 0.3) is 0 Å². The number of amides is 3. The van der Waals surface area contributed by atoms with Crippen LogP contribution in [0.2, 0.25) is 0 Å². The van der Waals surface area contributed by atoms with Gasteiger partial charge in [-0.2, -0.15) is 11.3 Å². The number of carbonyl (C=O) groups is 3. The number of rotatable bonds is 7. The number of piperidine rings is 1. The molecule has 2 aliphatic rings. The van der Waals surface area contributed by atoms with Crippen molar-refractivity contribution in [1.29, 1.82) is 0 Å². The normalized spacial score (nSPS) is 17.6. The van der Waals surface area contributed by atoms with Gasteiger partial charge in [0.15, 0.2) is 0 Å². The Morgan fingerprint density at radius 2 is 1.86 bits per heavy atom. The third-order valence-electron chi connectivity index (χ3n) is 6.96. The Morgan fingerprint density at radius 1 is 1.03 bits per heavy atom. The van der Waals surface area contributed by atoms with Crippen molar-refractivity contribution in [2.75, 3.05) is 31.6 Å². The van der Waals surface area contributed by atoms with E-state index in [0.29, 0.717) is 24.2 Å². The average molecular weight is 488 g/mol.